The molecular weight excluding hydrogens is 449 g/mol. The van der Waals surface area contributed by atoms with Gasteiger partial charge in [0.1, 0.15) is 11.4 Å². The van der Waals surface area contributed by atoms with Crippen molar-refractivity contribution in [3.05, 3.63) is 45.6 Å². The Morgan fingerprint density at radius 3 is 2.70 bits per heavy atom. The Morgan fingerprint density at radius 2 is 2.15 bits per heavy atom. The number of hydrogen-bond donors (Lipinski definition) is 3. The van der Waals surface area contributed by atoms with Crippen molar-refractivity contribution in [2.75, 3.05) is 19.8 Å². The van der Waals surface area contributed by atoms with Gasteiger partial charge in [-0.3, -0.25) is 4.79 Å². The lowest BCUT2D eigenvalue weighted by Gasteiger charge is -2.35. The van der Waals surface area contributed by atoms with Crippen LogP contribution in [-0.2, 0) is 0 Å². The van der Waals surface area contributed by atoms with Gasteiger partial charge in [0.15, 0.2) is 6.23 Å². The molecule has 1 aromatic rings. The smallest absolute Gasteiger partial charge is 0.386 e. The molecule has 0 saturated carbocycles. The van der Waals surface area contributed by atoms with E-state index in [4.69, 9.17) is 0 Å². The minimum atomic E-state index is -4.69. The van der Waals surface area contributed by atoms with Crippen LogP contribution in [0.4, 0.5) is 13.2 Å². The first kappa shape index (κ1) is 21.6. The number of allylic oxidation sites excluding steroid dienone is 2. The molecule has 11 heteroatoms. The van der Waals surface area contributed by atoms with E-state index in [0.29, 0.717) is 20.0 Å². The number of aliphatic hydroxyl groups excluding tert-OH is 1. The Bertz CT molecular complexity index is 798. The van der Waals surface area contributed by atoms with Crippen LogP contribution in [0.5, 0.6) is 0 Å². The summed E-state index contributed by atoms with van der Waals surface area (Å²) in [6.45, 7) is 1.90. The summed E-state index contributed by atoms with van der Waals surface area (Å²) in [6.07, 6.45) is -4.07. The standard InChI is InChI=1S/C16H18BrF3N4O2S/c1-4-27-10-5-8(17)7-22-13(10)14(25)23-9-6-11(16(18,19)20)24(3)15(26)12(9)21-2/h5-7,15,21,26H,4H2,1-3H3,(H,23,25). The second kappa shape index (κ2) is 8.53. The number of nitrogens with zero attached hydrogens (tertiary/aromatic N) is 2. The average molecular weight is 467 g/mol. The van der Waals surface area contributed by atoms with E-state index in [1.54, 1.807) is 6.07 Å². The van der Waals surface area contributed by atoms with Gasteiger partial charge in [-0.1, -0.05) is 6.92 Å². The topological polar surface area (TPSA) is 77.5 Å². The largest absolute Gasteiger partial charge is 0.431 e. The highest BCUT2D eigenvalue weighted by Crippen LogP contribution is 2.34. The molecule has 1 aromatic heterocycles. The van der Waals surface area contributed by atoms with E-state index in [0.717, 1.165) is 13.1 Å². The fourth-order valence-corrected chi connectivity index (χ4v) is 3.75. The van der Waals surface area contributed by atoms with Crippen LogP contribution < -0.4 is 10.6 Å². The Labute approximate surface area is 167 Å². The summed E-state index contributed by atoms with van der Waals surface area (Å²) in [5.74, 6) is 0.0144. The molecule has 0 saturated heterocycles. The maximum Gasteiger partial charge on any atom is 0.431 e. The van der Waals surface area contributed by atoms with E-state index in [1.165, 1.54) is 25.0 Å². The van der Waals surface area contributed by atoms with Gasteiger partial charge in [0, 0.05) is 29.7 Å². The number of aliphatic hydroxyl groups is 1. The summed E-state index contributed by atoms with van der Waals surface area (Å²) in [4.78, 5) is 18.0. The molecule has 1 aliphatic heterocycles. The van der Waals surface area contributed by atoms with Crippen molar-refractivity contribution in [2.45, 2.75) is 24.2 Å². The van der Waals surface area contributed by atoms with Crippen LogP contribution in [0.25, 0.3) is 0 Å². The fourth-order valence-electron chi connectivity index (χ4n) is 2.47. The number of rotatable bonds is 5. The minimum Gasteiger partial charge on any atom is -0.386 e. The third-order valence-electron chi connectivity index (χ3n) is 3.72. The van der Waals surface area contributed by atoms with Crippen molar-refractivity contribution in [2.24, 2.45) is 0 Å². The molecule has 0 spiro atoms. The van der Waals surface area contributed by atoms with Crippen LogP contribution in [0.3, 0.4) is 0 Å². The number of thioether (sulfide) groups is 1. The van der Waals surface area contributed by atoms with E-state index < -0.39 is 24.0 Å². The van der Waals surface area contributed by atoms with Crippen LogP contribution in [-0.4, -0.2) is 53.1 Å². The van der Waals surface area contributed by atoms with Gasteiger partial charge in [-0.25, -0.2) is 4.98 Å². The number of likely N-dealkylation sites (N-methyl/N-ethyl adjacent to an activating group) is 2. The zero-order chi connectivity index (χ0) is 20.4. The number of carbonyl (C=O) groups excluding carboxylic acids is 1. The van der Waals surface area contributed by atoms with Crippen molar-refractivity contribution in [3.63, 3.8) is 0 Å². The van der Waals surface area contributed by atoms with Gasteiger partial charge in [-0.05, 0) is 33.8 Å². The zero-order valence-corrected chi connectivity index (χ0v) is 17.1. The Morgan fingerprint density at radius 1 is 1.48 bits per heavy atom. The number of pyridine rings is 1. The van der Waals surface area contributed by atoms with Gasteiger partial charge in [-0.15, -0.1) is 11.8 Å². The van der Waals surface area contributed by atoms with E-state index in [-0.39, 0.29) is 17.1 Å². The molecule has 3 N–H and O–H groups in total. The molecule has 0 fully saturated rings. The van der Waals surface area contributed by atoms with Crippen LogP contribution in [0, 0.1) is 0 Å². The lowest BCUT2D eigenvalue weighted by molar-refractivity contribution is -0.122. The minimum absolute atomic E-state index is 0.0423. The number of amides is 1. The lowest BCUT2D eigenvalue weighted by Crippen LogP contribution is -2.46. The highest BCUT2D eigenvalue weighted by atomic mass is 79.9. The van der Waals surface area contributed by atoms with Gasteiger partial charge >= 0.3 is 6.18 Å². The maximum atomic E-state index is 13.2. The third kappa shape index (κ3) is 4.77. The Balaban J connectivity index is 2.43. The molecule has 2 rings (SSSR count). The number of halogens is 4. The molecule has 148 valence electrons. The molecule has 0 aliphatic carbocycles. The summed E-state index contributed by atoms with van der Waals surface area (Å²) >= 11 is 4.66. The first-order chi connectivity index (χ1) is 12.6. The number of aromatic nitrogens is 1. The molecule has 1 aliphatic rings. The van der Waals surface area contributed by atoms with Crippen LogP contribution >= 0.6 is 27.7 Å². The van der Waals surface area contributed by atoms with E-state index in [1.807, 2.05) is 6.92 Å². The van der Waals surface area contributed by atoms with Gasteiger partial charge in [0.05, 0.1) is 11.4 Å². The molecule has 6 nitrogen and oxygen atoms in total. The second-order valence-corrected chi connectivity index (χ2v) is 7.70. The van der Waals surface area contributed by atoms with E-state index >= 15 is 0 Å². The van der Waals surface area contributed by atoms with E-state index in [2.05, 4.69) is 31.5 Å². The summed E-state index contributed by atoms with van der Waals surface area (Å²) in [5.41, 5.74) is -1.11. The second-order valence-electron chi connectivity index (χ2n) is 5.48. The highest BCUT2D eigenvalue weighted by Gasteiger charge is 2.42. The van der Waals surface area contributed by atoms with Crippen LogP contribution in [0.1, 0.15) is 17.4 Å². The summed E-state index contributed by atoms with van der Waals surface area (Å²) in [7, 11) is 2.56. The van der Waals surface area contributed by atoms with Crippen LogP contribution in [0.15, 0.2) is 44.8 Å². The van der Waals surface area contributed by atoms with Gasteiger partial charge in [-0.2, -0.15) is 13.2 Å². The number of hydrogen-bond acceptors (Lipinski definition) is 6. The monoisotopic (exact) mass is 466 g/mol. The predicted molar refractivity (Wildman–Crippen MR) is 99.8 cm³/mol. The fraction of sp³-hybridized carbons (Fsp3) is 0.375. The zero-order valence-electron chi connectivity index (χ0n) is 14.7. The number of alkyl halides is 3. The first-order valence-corrected chi connectivity index (χ1v) is 9.59. The van der Waals surface area contributed by atoms with Gasteiger partial charge in [0.25, 0.3) is 5.91 Å². The van der Waals surface area contributed by atoms with Crippen molar-refractivity contribution >= 4 is 33.6 Å². The van der Waals surface area contributed by atoms with Gasteiger partial charge < -0.3 is 20.6 Å². The van der Waals surface area contributed by atoms with Crippen LogP contribution in [0.2, 0.25) is 0 Å². The third-order valence-corrected chi connectivity index (χ3v) is 5.06. The summed E-state index contributed by atoms with van der Waals surface area (Å²) < 4.78 is 40.4. The molecule has 0 aromatic carbocycles. The molecule has 1 unspecified atom stereocenters. The lowest BCUT2D eigenvalue weighted by atomic mass is 10.1. The van der Waals surface area contributed by atoms with Crippen molar-refractivity contribution < 1.29 is 23.1 Å². The normalized spacial score (nSPS) is 17.7. The number of carbonyl (C=O) groups is 1. The Hall–Kier alpha value is -1.72. The summed E-state index contributed by atoms with van der Waals surface area (Å²) in [6, 6.07) is 1.71. The SMILES string of the molecule is CCSc1cc(Br)cnc1C(=O)NC1=C(NC)C(O)N(C)C(C(F)(F)F)=C1. The van der Waals surface area contributed by atoms with Crippen molar-refractivity contribution in [3.8, 4) is 0 Å². The quantitative estimate of drug-likeness (QED) is 0.579. The first-order valence-electron chi connectivity index (χ1n) is 7.81. The maximum absolute atomic E-state index is 13.2. The van der Waals surface area contributed by atoms with Gasteiger partial charge in [0.2, 0.25) is 0 Å². The molecule has 0 bridgehead atoms. The molecule has 2 heterocycles. The molecule has 1 amide bonds. The molecule has 27 heavy (non-hydrogen) atoms. The van der Waals surface area contributed by atoms with Crippen molar-refractivity contribution in [1.82, 2.24) is 20.5 Å². The van der Waals surface area contributed by atoms with Crippen molar-refractivity contribution in [1.29, 1.82) is 0 Å². The Kier molecular flexibility index (Phi) is 6.82. The molecule has 1 atom stereocenters. The molecular formula is C16H18BrF3N4O2S. The predicted octanol–water partition coefficient (Wildman–Crippen LogP) is 2.83. The summed E-state index contributed by atoms with van der Waals surface area (Å²) in [5, 5.41) is 15.3. The molecule has 0 radical (unpaired) electrons. The average Bonchev–Trinajstić information content (AvgIpc) is 2.57. The highest BCUT2D eigenvalue weighted by molar-refractivity contribution is 9.10. The number of nitrogens with one attached hydrogen (secondary N) is 2. The van der Waals surface area contributed by atoms with E-state index in [9.17, 15) is 23.1 Å².